The maximum atomic E-state index is 12.1. The third-order valence-corrected chi connectivity index (χ3v) is 2.49. The number of aromatic nitrogens is 2. The Morgan fingerprint density at radius 1 is 1.38 bits per heavy atom. The molecular formula is C11H15N3O2. The van der Waals surface area contributed by atoms with E-state index in [1.165, 1.54) is 12.4 Å². The van der Waals surface area contributed by atoms with Crippen LogP contribution in [0.25, 0.3) is 0 Å². The number of amides is 1. The van der Waals surface area contributed by atoms with Crippen molar-refractivity contribution in [3.05, 3.63) is 24.3 Å². The summed E-state index contributed by atoms with van der Waals surface area (Å²) in [5.74, 6) is -0.0740. The second-order valence-electron chi connectivity index (χ2n) is 4.06. The summed E-state index contributed by atoms with van der Waals surface area (Å²) in [6.07, 6.45) is 4.73. The molecule has 0 aliphatic carbocycles. The number of hydrogen-bond acceptors (Lipinski definition) is 4. The Morgan fingerprint density at radius 2 is 2.06 bits per heavy atom. The molecule has 2 rings (SSSR count). The van der Waals surface area contributed by atoms with E-state index >= 15 is 0 Å². The summed E-state index contributed by atoms with van der Waals surface area (Å²) in [6, 6.07) is 0. The van der Waals surface area contributed by atoms with Gasteiger partial charge in [0.1, 0.15) is 5.69 Å². The number of nitrogens with zero attached hydrogens (tertiary/aromatic N) is 3. The lowest BCUT2D eigenvalue weighted by molar-refractivity contribution is -0.0587. The predicted molar refractivity (Wildman–Crippen MR) is 57.9 cm³/mol. The molecule has 1 aliphatic rings. The number of carbonyl (C=O) groups excluding carboxylic acids is 1. The van der Waals surface area contributed by atoms with Gasteiger partial charge < -0.3 is 9.64 Å². The smallest absolute Gasteiger partial charge is 0.274 e. The fourth-order valence-corrected chi connectivity index (χ4v) is 1.92. The molecule has 1 fully saturated rings. The minimum atomic E-state index is -0.0740. The zero-order valence-corrected chi connectivity index (χ0v) is 9.46. The summed E-state index contributed by atoms with van der Waals surface area (Å²) in [6.45, 7) is 5.15. The molecule has 0 saturated carbocycles. The molecule has 0 radical (unpaired) electrons. The molecule has 5 nitrogen and oxygen atoms in total. The van der Waals surface area contributed by atoms with Gasteiger partial charge in [0, 0.05) is 25.5 Å². The van der Waals surface area contributed by atoms with E-state index in [0.717, 1.165) is 0 Å². The highest BCUT2D eigenvalue weighted by Gasteiger charge is 2.27. The largest absolute Gasteiger partial charge is 0.372 e. The topological polar surface area (TPSA) is 55.3 Å². The molecule has 1 amide bonds. The summed E-state index contributed by atoms with van der Waals surface area (Å²) >= 11 is 0. The fourth-order valence-electron chi connectivity index (χ4n) is 1.92. The maximum Gasteiger partial charge on any atom is 0.274 e. The molecule has 0 spiro atoms. The van der Waals surface area contributed by atoms with E-state index in [-0.39, 0.29) is 18.1 Å². The molecule has 1 saturated heterocycles. The second-order valence-corrected chi connectivity index (χ2v) is 4.06. The number of hydrogen-bond donors (Lipinski definition) is 0. The van der Waals surface area contributed by atoms with Crippen molar-refractivity contribution >= 4 is 5.91 Å². The van der Waals surface area contributed by atoms with Gasteiger partial charge in [0.15, 0.2) is 0 Å². The van der Waals surface area contributed by atoms with E-state index in [0.29, 0.717) is 18.8 Å². The van der Waals surface area contributed by atoms with Crippen LogP contribution >= 0.6 is 0 Å². The van der Waals surface area contributed by atoms with Gasteiger partial charge in [-0.2, -0.15) is 0 Å². The van der Waals surface area contributed by atoms with E-state index in [2.05, 4.69) is 9.97 Å². The Hall–Kier alpha value is -1.49. The van der Waals surface area contributed by atoms with Crippen molar-refractivity contribution < 1.29 is 9.53 Å². The van der Waals surface area contributed by atoms with Crippen molar-refractivity contribution in [2.24, 2.45) is 0 Å². The van der Waals surface area contributed by atoms with Crippen LogP contribution in [0, 0.1) is 0 Å². The first-order valence-electron chi connectivity index (χ1n) is 5.37. The predicted octanol–water partition coefficient (Wildman–Crippen LogP) is 0.726. The van der Waals surface area contributed by atoms with Gasteiger partial charge in [-0.3, -0.25) is 9.78 Å². The average molecular weight is 221 g/mol. The van der Waals surface area contributed by atoms with Crippen molar-refractivity contribution in [3.8, 4) is 0 Å². The molecule has 0 N–H and O–H groups in total. The lowest BCUT2D eigenvalue weighted by Crippen LogP contribution is -2.48. The van der Waals surface area contributed by atoms with Crippen LogP contribution < -0.4 is 0 Å². The molecule has 1 aromatic rings. The van der Waals surface area contributed by atoms with Crippen LogP contribution in [0.3, 0.4) is 0 Å². The van der Waals surface area contributed by atoms with Crippen molar-refractivity contribution in [3.63, 3.8) is 0 Å². The molecule has 0 aromatic carbocycles. The van der Waals surface area contributed by atoms with Gasteiger partial charge in [0.25, 0.3) is 5.91 Å². The number of morpholine rings is 1. The summed E-state index contributed by atoms with van der Waals surface area (Å²) in [7, 11) is 0. The van der Waals surface area contributed by atoms with E-state index in [1.807, 2.05) is 13.8 Å². The fraction of sp³-hybridized carbons (Fsp3) is 0.545. The standard InChI is InChI=1S/C11H15N3O2/c1-8-6-14(7-9(2)16-8)11(15)10-5-12-3-4-13-10/h3-5,8-9H,6-7H2,1-2H3/t8-,9+. The molecule has 5 heteroatoms. The SMILES string of the molecule is C[C@@H]1CN(C(=O)c2cnccn2)C[C@H](C)O1. The van der Waals surface area contributed by atoms with Crippen LogP contribution in [0.5, 0.6) is 0 Å². The van der Waals surface area contributed by atoms with Crippen molar-refractivity contribution in [2.75, 3.05) is 13.1 Å². The molecule has 0 unspecified atom stereocenters. The lowest BCUT2D eigenvalue weighted by atomic mass is 10.2. The van der Waals surface area contributed by atoms with Gasteiger partial charge >= 0.3 is 0 Å². The first kappa shape index (κ1) is 11.0. The van der Waals surface area contributed by atoms with Crippen LogP contribution in [0.2, 0.25) is 0 Å². The van der Waals surface area contributed by atoms with Crippen molar-refractivity contribution in [1.29, 1.82) is 0 Å². The van der Waals surface area contributed by atoms with Gasteiger partial charge in [-0.15, -0.1) is 0 Å². The molecule has 16 heavy (non-hydrogen) atoms. The minimum Gasteiger partial charge on any atom is -0.372 e. The van der Waals surface area contributed by atoms with Gasteiger partial charge in [0.2, 0.25) is 0 Å². The lowest BCUT2D eigenvalue weighted by Gasteiger charge is -2.35. The van der Waals surface area contributed by atoms with Crippen LogP contribution in [0.15, 0.2) is 18.6 Å². The Morgan fingerprint density at radius 3 is 2.62 bits per heavy atom. The molecule has 86 valence electrons. The monoisotopic (exact) mass is 221 g/mol. The highest BCUT2D eigenvalue weighted by molar-refractivity contribution is 5.92. The Bertz CT molecular complexity index is 359. The zero-order valence-electron chi connectivity index (χ0n) is 9.46. The molecule has 0 bridgehead atoms. The Labute approximate surface area is 94.5 Å². The number of carbonyl (C=O) groups is 1. The number of ether oxygens (including phenoxy) is 1. The third kappa shape index (κ3) is 2.36. The van der Waals surface area contributed by atoms with Crippen molar-refractivity contribution in [1.82, 2.24) is 14.9 Å². The van der Waals surface area contributed by atoms with Crippen LogP contribution in [-0.4, -0.2) is 46.1 Å². The molecule has 2 atom stereocenters. The Kier molecular flexibility index (Phi) is 3.14. The van der Waals surface area contributed by atoms with Crippen LogP contribution in [0.4, 0.5) is 0 Å². The molecule has 1 aliphatic heterocycles. The van der Waals surface area contributed by atoms with Gasteiger partial charge in [-0.25, -0.2) is 4.98 Å². The average Bonchev–Trinajstić information content (AvgIpc) is 2.28. The van der Waals surface area contributed by atoms with E-state index in [1.54, 1.807) is 11.1 Å². The molecule has 1 aromatic heterocycles. The second kappa shape index (κ2) is 4.57. The highest BCUT2D eigenvalue weighted by atomic mass is 16.5. The summed E-state index contributed by atoms with van der Waals surface area (Å²) < 4.78 is 5.57. The maximum absolute atomic E-state index is 12.1. The van der Waals surface area contributed by atoms with E-state index < -0.39 is 0 Å². The third-order valence-electron chi connectivity index (χ3n) is 2.49. The van der Waals surface area contributed by atoms with E-state index in [4.69, 9.17) is 4.74 Å². The minimum absolute atomic E-state index is 0.0735. The molecular weight excluding hydrogens is 206 g/mol. The summed E-state index contributed by atoms with van der Waals surface area (Å²) in [5.41, 5.74) is 0.392. The quantitative estimate of drug-likeness (QED) is 0.701. The summed E-state index contributed by atoms with van der Waals surface area (Å²) in [4.78, 5) is 21.7. The van der Waals surface area contributed by atoms with Gasteiger partial charge in [-0.1, -0.05) is 0 Å². The number of rotatable bonds is 1. The first-order chi connectivity index (χ1) is 7.66. The molecule has 2 heterocycles. The van der Waals surface area contributed by atoms with Crippen LogP contribution in [-0.2, 0) is 4.74 Å². The highest BCUT2D eigenvalue weighted by Crippen LogP contribution is 2.12. The summed E-state index contributed by atoms with van der Waals surface area (Å²) in [5, 5.41) is 0. The van der Waals surface area contributed by atoms with Crippen LogP contribution in [0.1, 0.15) is 24.3 Å². The van der Waals surface area contributed by atoms with Gasteiger partial charge in [0.05, 0.1) is 18.4 Å². The first-order valence-corrected chi connectivity index (χ1v) is 5.37. The zero-order chi connectivity index (χ0) is 11.5. The normalized spacial score (nSPS) is 25.5. The van der Waals surface area contributed by atoms with Crippen molar-refractivity contribution in [2.45, 2.75) is 26.1 Å². The van der Waals surface area contributed by atoms with Gasteiger partial charge in [-0.05, 0) is 13.8 Å². The Balaban J connectivity index is 2.10. The van der Waals surface area contributed by atoms with E-state index in [9.17, 15) is 4.79 Å².